The van der Waals surface area contributed by atoms with Gasteiger partial charge in [0.05, 0.1) is 11.1 Å². The van der Waals surface area contributed by atoms with Gasteiger partial charge in [0.1, 0.15) is 0 Å². The minimum atomic E-state index is -4.44. The topological polar surface area (TPSA) is 29.1 Å². The molecule has 0 saturated heterocycles. The van der Waals surface area contributed by atoms with Gasteiger partial charge in [-0.15, -0.1) is 11.8 Å². The Balaban J connectivity index is 2.23. The third-order valence-corrected chi connectivity index (χ3v) is 4.02. The van der Waals surface area contributed by atoms with Crippen molar-refractivity contribution in [2.45, 2.75) is 30.2 Å². The Morgan fingerprint density at radius 1 is 1.09 bits per heavy atom. The first-order valence-corrected chi connectivity index (χ1v) is 7.89. The molecule has 2 aromatic rings. The lowest BCUT2D eigenvalue weighted by Gasteiger charge is -2.13. The van der Waals surface area contributed by atoms with Crippen LogP contribution in [0.2, 0.25) is 0 Å². The van der Waals surface area contributed by atoms with Crippen molar-refractivity contribution in [2.75, 3.05) is 5.32 Å². The number of rotatable bonds is 4. The van der Waals surface area contributed by atoms with Gasteiger partial charge < -0.3 is 5.32 Å². The zero-order valence-corrected chi connectivity index (χ0v) is 13.5. The minimum Gasteiger partial charge on any atom is -0.322 e. The summed E-state index contributed by atoms with van der Waals surface area (Å²) in [6.45, 7) is 4.01. The van der Waals surface area contributed by atoms with Gasteiger partial charge in [0.25, 0.3) is 5.91 Å². The monoisotopic (exact) mass is 339 g/mol. The van der Waals surface area contributed by atoms with E-state index in [1.54, 1.807) is 12.1 Å². The van der Waals surface area contributed by atoms with E-state index < -0.39 is 17.6 Å². The molecule has 0 spiro atoms. The van der Waals surface area contributed by atoms with Crippen molar-refractivity contribution in [1.29, 1.82) is 0 Å². The average Bonchev–Trinajstić information content (AvgIpc) is 2.46. The van der Waals surface area contributed by atoms with Crippen LogP contribution in [0.1, 0.15) is 29.8 Å². The molecule has 0 unspecified atom stereocenters. The lowest BCUT2D eigenvalue weighted by Crippen LogP contribution is -2.14. The van der Waals surface area contributed by atoms with Crippen molar-refractivity contribution in [3.63, 3.8) is 0 Å². The maximum atomic E-state index is 12.7. The summed E-state index contributed by atoms with van der Waals surface area (Å²) < 4.78 is 38.2. The van der Waals surface area contributed by atoms with Gasteiger partial charge in [0.15, 0.2) is 0 Å². The fourth-order valence-electron chi connectivity index (χ4n) is 1.98. The second-order valence-electron chi connectivity index (χ2n) is 5.20. The van der Waals surface area contributed by atoms with Crippen LogP contribution in [0, 0.1) is 0 Å². The van der Waals surface area contributed by atoms with Crippen molar-refractivity contribution in [3.05, 3.63) is 59.7 Å². The summed E-state index contributed by atoms with van der Waals surface area (Å²) in [6.07, 6.45) is -4.44. The maximum absolute atomic E-state index is 12.7. The van der Waals surface area contributed by atoms with Gasteiger partial charge in [-0.2, -0.15) is 13.2 Å². The third-order valence-electron chi connectivity index (χ3n) is 2.94. The standard InChI is InChI=1S/C17H16F3NOS/c1-11(2)23-15-9-4-3-8-14(15)16(22)21-13-7-5-6-12(10-13)17(18,19)20/h3-11H,1-2H3,(H,21,22). The molecule has 1 N–H and O–H groups in total. The Morgan fingerprint density at radius 2 is 1.78 bits per heavy atom. The quantitative estimate of drug-likeness (QED) is 0.750. The number of amides is 1. The number of benzene rings is 2. The summed E-state index contributed by atoms with van der Waals surface area (Å²) in [5.41, 5.74) is -0.224. The smallest absolute Gasteiger partial charge is 0.322 e. The van der Waals surface area contributed by atoms with Gasteiger partial charge >= 0.3 is 6.18 Å². The predicted octanol–water partition coefficient (Wildman–Crippen LogP) is 5.46. The Hall–Kier alpha value is -1.95. The predicted molar refractivity (Wildman–Crippen MR) is 86.8 cm³/mol. The molecule has 0 bridgehead atoms. The highest BCUT2D eigenvalue weighted by Gasteiger charge is 2.30. The SMILES string of the molecule is CC(C)Sc1ccccc1C(=O)Nc1cccc(C(F)(F)F)c1. The highest BCUT2D eigenvalue weighted by Crippen LogP contribution is 2.31. The Kier molecular flexibility index (Phi) is 5.36. The molecular formula is C17H16F3NOS. The van der Waals surface area contributed by atoms with E-state index in [-0.39, 0.29) is 10.9 Å². The van der Waals surface area contributed by atoms with Crippen molar-refractivity contribution < 1.29 is 18.0 Å². The highest BCUT2D eigenvalue weighted by molar-refractivity contribution is 8.00. The number of hydrogen-bond acceptors (Lipinski definition) is 2. The third kappa shape index (κ3) is 4.76. The summed E-state index contributed by atoms with van der Waals surface area (Å²) >= 11 is 1.53. The van der Waals surface area contributed by atoms with E-state index in [4.69, 9.17) is 0 Å². The molecule has 2 nitrogen and oxygen atoms in total. The van der Waals surface area contributed by atoms with Crippen LogP contribution in [0.4, 0.5) is 18.9 Å². The molecule has 6 heteroatoms. The molecule has 0 aliphatic carbocycles. The lowest BCUT2D eigenvalue weighted by atomic mass is 10.1. The minimum absolute atomic E-state index is 0.120. The van der Waals surface area contributed by atoms with Crippen LogP contribution in [-0.2, 0) is 6.18 Å². The van der Waals surface area contributed by atoms with Crippen LogP contribution in [0.15, 0.2) is 53.4 Å². The summed E-state index contributed by atoms with van der Waals surface area (Å²) in [5, 5.41) is 2.82. The Bertz CT molecular complexity index is 698. The summed E-state index contributed by atoms with van der Waals surface area (Å²) in [5.74, 6) is -0.423. The first-order valence-electron chi connectivity index (χ1n) is 7.01. The van der Waals surface area contributed by atoms with Crippen LogP contribution < -0.4 is 5.32 Å². The van der Waals surface area contributed by atoms with Gasteiger partial charge in [-0.1, -0.05) is 32.0 Å². The molecule has 23 heavy (non-hydrogen) atoms. The van der Waals surface area contributed by atoms with Crippen LogP contribution in [-0.4, -0.2) is 11.2 Å². The number of carbonyl (C=O) groups excluding carboxylic acids is 1. The van der Waals surface area contributed by atoms with Gasteiger partial charge in [0, 0.05) is 15.8 Å². The molecule has 0 aliphatic heterocycles. The fraction of sp³-hybridized carbons (Fsp3) is 0.235. The number of halogens is 3. The second kappa shape index (κ2) is 7.08. The van der Waals surface area contributed by atoms with Crippen molar-refractivity contribution in [2.24, 2.45) is 0 Å². The van der Waals surface area contributed by atoms with E-state index in [0.717, 1.165) is 17.0 Å². The first kappa shape index (κ1) is 17.4. The molecule has 122 valence electrons. The number of hydrogen-bond donors (Lipinski definition) is 1. The average molecular weight is 339 g/mol. The van der Waals surface area contributed by atoms with E-state index in [1.165, 1.54) is 23.9 Å². The summed E-state index contributed by atoms with van der Waals surface area (Å²) in [7, 11) is 0. The van der Waals surface area contributed by atoms with E-state index >= 15 is 0 Å². The number of anilines is 1. The van der Waals surface area contributed by atoms with Crippen molar-refractivity contribution in [1.82, 2.24) is 0 Å². The molecule has 0 saturated carbocycles. The molecule has 0 aromatic heterocycles. The normalized spacial score (nSPS) is 11.6. The number of alkyl halides is 3. The maximum Gasteiger partial charge on any atom is 0.416 e. The molecule has 0 fully saturated rings. The Morgan fingerprint density at radius 3 is 2.43 bits per heavy atom. The van der Waals surface area contributed by atoms with Gasteiger partial charge in [-0.25, -0.2) is 0 Å². The molecule has 0 radical (unpaired) electrons. The van der Waals surface area contributed by atoms with Crippen LogP contribution in [0.5, 0.6) is 0 Å². The van der Waals surface area contributed by atoms with Crippen molar-refractivity contribution >= 4 is 23.4 Å². The highest BCUT2D eigenvalue weighted by atomic mass is 32.2. The van der Waals surface area contributed by atoms with E-state index in [1.807, 2.05) is 26.0 Å². The molecule has 0 atom stereocenters. The van der Waals surface area contributed by atoms with E-state index in [2.05, 4.69) is 5.32 Å². The molecule has 0 heterocycles. The zero-order valence-electron chi connectivity index (χ0n) is 12.6. The Labute approximate surface area is 137 Å². The largest absolute Gasteiger partial charge is 0.416 e. The van der Waals surface area contributed by atoms with E-state index in [0.29, 0.717) is 5.56 Å². The summed E-state index contributed by atoms with van der Waals surface area (Å²) in [4.78, 5) is 13.2. The van der Waals surface area contributed by atoms with Crippen LogP contribution >= 0.6 is 11.8 Å². The number of thioether (sulfide) groups is 1. The molecule has 2 rings (SSSR count). The fourth-order valence-corrected chi connectivity index (χ4v) is 2.94. The van der Waals surface area contributed by atoms with Crippen LogP contribution in [0.25, 0.3) is 0 Å². The summed E-state index contributed by atoms with van der Waals surface area (Å²) in [6, 6.07) is 11.6. The molecular weight excluding hydrogens is 323 g/mol. The number of carbonyl (C=O) groups is 1. The first-order chi connectivity index (χ1) is 10.8. The molecule has 0 aliphatic rings. The second-order valence-corrected chi connectivity index (χ2v) is 6.81. The van der Waals surface area contributed by atoms with Gasteiger partial charge in [-0.05, 0) is 30.3 Å². The number of nitrogens with one attached hydrogen (secondary N) is 1. The van der Waals surface area contributed by atoms with Gasteiger partial charge in [0.2, 0.25) is 0 Å². The van der Waals surface area contributed by atoms with Crippen LogP contribution in [0.3, 0.4) is 0 Å². The van der Waals surface area contributed by atoms with Crippen molar-refractivity contribution in [3.8, 4) is 0 Å². The molecule has 2 aromatic carbocycles. The van der Waals surface area contributed by atoms with E-state index in [9.17, 15) is 18.0 Å². The molecule has 1 amide bonds. The zero-order chi connectivity index (χ0) is 17.0. The lowest BCUT2D eigenvalue weighted by molar-refractivity contribution is -0.137. The van der Waals surface area contributed by atoms with Gasteiger partial charge in [-0.3, -0.25) is 4.79 Å².